The molecule has 0 saturated carbocycles. The second kappa shape index (κ2) is 6.70. The number of hydrogen-bond acceptors (Lipinski definition) is 3. The van der Waals surface area contributed by atoms with Crippen LogP contribution in [0.25, 0.3) is 0 Å². The lowest BCUT2D eigenvalue weighted by Gasteiger charge is -2.18. The molecule has 25 heavy (non-hydrogen) atoms. The largest absolute Gasteiger partial charge is 0.416 e. The molecular formula is C17H15F4N3O. The fraction of sp³-hybridized carbons (Fsp3) is 0.294. The monoisotopic (exact) mass is 353 g/mol. The second-order valence-corrected chi connectivity index (χ2v) is 5.79. The Morgan fingerprint density at radius 1 is 1.24 bits per heavy atom. The van der Waals surface area contributed by atoms with Gasteiger partial charge in [0, 0.05) is 25.3 Å². The molecule has 1 saturated heterocycles. The van der Waals surface area contributed by atoms with E-state index in [2.05, 4.69) is 10.3 Å². The summed E-state index contributed by atoms with van der Waals surface area (Å²) in [6.07, 6.45) is -2.82. The third-order valence-corrected chi connectivity index (χ3v) is 4.02. The summed E-state index contributed by atoms with van der Waals surface area (Å²) in [5.74, 6) is -0.928. The molecule has 1 N–H and O–H groups in total. The molecule has 2 aromatic rings. The van der Waals surface area contributed by atoms with Gasteiger partial charge in [-0.1, -0.05) is 12.1 Å². The van der Waals surface area contributed by atoms with Crippen LogP contribution in [-0.2, 0) is 6.18 Å². The van der Waals surface area contributed by atoms with Crippen LogP contribution in [-0.4, -0.2) is 34.9 Å². The predicted octanol–water partition coefficient (Wildman–Crippen LogP) is 3.57. The number of alkyl halides is 3. The van der Waals surface area contributed by atoms with Gasteiger partial charge in [0.15, 0.2) is 0 Å². The average Bonchev–Trinajstić information content (AvgIpc) is 3.03. The van der Waals surface area contributed by atoms with E-state index in [1.807, 2.05) is 0 Å². The number of benzene rings is 1. The van der Waals surface area contributed by atoms with Gasteiger partial charge in [0.05, 0.1) is 11.1 Å². The summed E-state index contributed by atoms with van der Waals surface area (Å²) in [5.41, 5.74) is -0.803. The lowest BCUT2D eigenvalue weighted by atomic mass is 10.2. The molecule has 3 rings (SSSR count). The first kappa shape index (κ1) is 17.2. The Labute approximate surface area is 141 Å². The topological polar surface area (TPSA) is 45.2 Å². The van der Waals surface area contributed by atoms with Gasteiger partial charge in [0.25, 0.3) is 5.91 Å². The van der Waals surface area contributed by atoms with Crippen molar-refractivity contribution in [3.63, 3.8) is 0 Å². The summed E-state index contributed by atoms with van der Waals surface area (Å²) < 4.78 is 51.9. The van der Waals surface area contributed by atoms with Crippen LogP contribution in [0.2, 0.25) is 0 Å². The highest BCUT2D eigenvalue weighted by Gasteiger charge is 2.32. The Morgan fingerprint density at radius 2 is 2.00 bits per heavy atom. The van der Waals surface area contributed by atoms with Crippen molar-refractivity contribution < 1.29 is 22.4 Å². The third-order valence-electron chi connectivity index (χ3n) is 4.02. The van der Waals surface area contributed by atoms with Crippen molar-refractivity contribution in [3.05, 3.63) is 59.5 Å². The summed E-state index contributed by atoms with van der Waals surface area (Å²) in [7, 11) is 0. The maximum Gasteiger partial charge on any atom is 0.416 e. The number of rotatable bonds is 3. The predicted molar refractivity (Wildman–Crippen MR) is 83.6 cm³/mol. The van der Waals surface area contributed by atoms with Crippen molar-refractivity contribution >= 4 is 11.7 Å². The lowest BCUT2D eigenvalue weighted by molar-refractivity contribution is -0.137. The van der Waals surface area contributed by atoms with E-state index in [0.717, 1.165) is 18.3 Å². The Balaban J connectivity index is 1.66. The number of carbonyl (C=O) groups is 1. The van der Waals surface area contributed by atoms with Gasteiger partial charge in [-0.3, -0.25) is 4.79 Å². The number of carbonyl (C=O) groups excluding carboxylic acids is 1. The van der Waals surface area contributed by atoms with E-state index >= 15 is 0 Å². The van der Waals surface area contributed by atoms with E-state index in [1.54, 1.807) is 6.07 Å². The van der Waals surface area contributed by atoms with E-state index in [-0.39, 0.29) is 24.0 Å². The van der Waals surface area contributed by atoms with E-state index < -0.39 is 23.5 Å². The number of amides is 1. The molecule has 0 bridgehead atoms. The molecule has 8 heteroatoms. The molecule has 1 atom stereocenters. The standard InChI is InChI=1S/C17H15F4N3O/c18-14-4-2-1-3-13(14)16(25)24-8-6-12(10-24)23-15-9-11(5-7-22-15)17(19,20)21/h1-5,7,9,12H,6,8,10H2,(H,22,23)/t12-/m1/s1. The molecule has 1 fully saturated rings. The molecule has 1 amide bonds. The number of nitrogens with one attached hydrogen (secondary N) is 1. The second-order valence-electron chi connectivity index (χ2n) is 5.79. The zero-order valence-corrected chi connectivity index (χ0v) is 13.1. The van der Waals surface area contributed by atoms with Crippen LogP contribution in [0.5, 0.6) is 0 Å². The number of halogens is 4. The molecule has 1 aromatic heterocycles. The minimum atomic E-state index is -4.44. The van der Waals surface area contributed by atoms with Crippen LogP contribution >= 0.6 is 0 Å². The quantitative estimate of drug-likeness (QED) is 0.858. The Hall–Kier alpha value is -2.64. The summed E-state index contributed by atoms with van der Waals surface area (Å²) in [4.78, 5) is 17.7. The molecule has 1 aromatic carbocycles. The zero-order chi connectivity index (χ0) is 18.0. The Bertz CT molecular complexity index is 778. The molecule has 132 valence electrons. The minimum absolute atomic E-state index is 0.0136. The Kier molecular flexibility index (Phi) is 4.61. The number of nitrogens with zero attached hydrogens (tertiary/aromatic N) is 2. The maximum atomic E-state index is 13.7. The van der Waals surface area contributed by atoms with Crippen LogP contribution in [0.15, 0.2) is 42.6 Å². The highest BCUT2D eigenvalue weighted by atomic mass is 19.4. The molecule has 4 nitrogen and oxygen atoms in total. The lowest BCUT2D eigenvalue weighted by Crippen LogP contribution is -2.32. The number of aromatic nitrogens is 1. The fourth-order valence-corrected chi connectivity index (χ4v) is 2.76. The van der Waals surface area contributed by atoms with E-state index in [1.165, 1.54) is 23.1 Å². The zero-order valence-electron chi connectivity index (χ0n) is 13.1. The maximum absolute atomic E-state index is 13.7. The van der Waals surface area contributed by atoms with Crippen molar-refractivity contribution in [1.29, 1.82) is 0 Å². The molecular weight excluding hydrogens is 338 g/mol. The summed E-state index contributed by atoms with van der Waals surface area (Å²) >= 11 is 0. The average molecular weight is 353 g/mol. The number of hydrogen-bond donors (Lipinski definition) is 1. The van der Waals surface area contributed by atoms with Crippen molar-refractivity contribution in [2.24, 2.45) is 0 Å². The number of pyridine rings is 1. The number of anilines is 1. The summed E-state index contributed by atoms with van der Waals surface area (Å²) in [6.45, 7) is 0.662. The molecule has 2 heterocycles. The van der Waals surface area contributed by atoms with Crippen LogP contribution in [0.4, 0.5) is 23.4 Å². The van der Waals surface area contributed by atoms with Crippen molar-refractivity contribution in [3.8, 4) is 0 Å². The third kappa shape index (κ3) is 3.89. The van der Waals surface area contributed by atoms with Crippen LogP contribution in [0.3, 0.4) is 0 Å². The van der Waals surface area contributed by atoms with Gasteiger partial charge in [-0.05, 0) is 30.7 Å². The van der Waals surface area contributed by atoms with Gasteiger partial charge in [-0.2, -0.15) is 13.2 Å². The summed E-state index contributed by atoms with van der Waals surface area (Å²) in [5, 5.41) is 2.91. The minimum Gasteiger partial charge on any atom is -0.365 e. The first-order valence-electron chi connectivity index (χ1n) is 7.68. The molecule has 0 aliphatic carbocycles. The van der Waals surface area contributed by atoms with Gasteiger partial charge >= 0.3 is 6.18 Å². The van der Waals surface area contributed by atoms with Crippen LogP contribution < -0.4 is 5.32 Å². The molecule has 0 radical (unpaired) electrons. The van der Waals surface area contributed by atoms with Gasteiger partial charge in [0.1, 0.15) is 11.6 Å². The Morgan fingerprint density at radius 3 is 2.72 bits per heavy atom. The fourth-order valence-electron chi connectivity index (χ4n) is 2.76. The number of likely N-dealkylation sites (tertiary alicyclic amines) is 1. The highest BCUT2D eigenvalue weighted by Crippen LogP contribution is 2.30. The van der Waals surface area contributed by atoms with Gasteiger partial charge < -0.3 is 10.2 Å². The highest BCUT2D eigenvalue weighted by molar-refractivity contribution is 5.94. The molecule has 0 unspecified atom stereocenters. The summed E-state index contributed by atoms with van der Waals surface area (Å²) in [6, 6.07) is 7.29. The van der Waals surface area contributed by atoms with Gasteiger partial charge in [-0.25, -0.2) is 9.37 Å². The van der Waals surface area contributed by atoms with Crippen LogP contribution in [0.1, 0.15) is 22.3 Å². The van der Waals surface area contributed by atoms with Crippen molar-refractivity contribution in [2.75, 3.05) is 18.4 Å². The first-order valence-corrected chi connectivity index (χ1v) is 7.68. The van der Waals surface area contributed by atoms with Crippen molar-refractivity contribution in [2.45, 2.75) is 18.6 Å². The molecule has 1 aliphatic rings. The normalized spacial score (nSPS) is 17.6. The molecule has 0 spiro atoms. The smallest absolute Gasteiger partial charge is 0.365 e. The van der Waals surface area contributed by atoms with E-state index in [0.29, 0.717) is 13.0 Å². The SMILES string of the molecule is O=C(c1ccccc1F)N1CC[C@@H](Nc2cc(C(F)(F)F)ccn2)C1. The van der Waals surface area contributed by atoms with Gasteiger partial charge in [0.2, 0.25) is 0 Å². The van der Waals surface area contributed by atoms with E-state index in [4.69, 9.17) is 0 Å². The van der Waals surface area contributed by atoms with Crippen LogP contribution in [0, 0.1) is 5.82 Å². The van der Waals surface area contributed by atoms with E-state index in [9.17, 15) is 22.4 Å². The molecule has 1 aliphatic heterocycles. The van der Waals surface area contributed by atoms with Gasteiger partial charge in [-0.15, -0.1) is 0 Å². The van der Waals surface area contributed by atoms with Crippen molar-refractivity contribution in [1.82, 2.24) is 9.88 Å². The first-order chi connectivity index (χ1) is 11.8.